The molecule has 0 saturated heterocycles. The molecule has 0 saturated carbocycles. The summed E-state index contributed by atoms with van der Waals surface area (Å²) in [5.41, 5.74) is 9.53. The maximum Gasteiger partial charge on any atom is 0.102 e. The van der Waals surface area contributed by atoms with Crippen LogP contribution in [0.2, 0.25) is 0 Å². The molecule has 3 N–H and O–H groups in total. The minimum Gasteiger partial charge on any atom is -0.398 e. The van der Waals surface area contributed by atoms with Crippen molar-refractivity contribution in [2.75, 3.05) is 5.73 Å². The molecule has 3 rings (SSSR count). The highest BCUT2D eigenvalue weighted by atomic mass is 15.1. The number of nitrogens with zero attached hydrogens (tertiary/aromatic N) is 2. The second kappa shape index (κ2) is 3.34. The van der Waals surface area contributed by atoms with E-state index in [1.165, 1.54) is 0 Å². The summed E-state index contributed by atoms with van der Waals surface area (Å²) in [5.74, 6) is 0. The number of H-pyrrole nitrogens is 1. The zero-order valence-electron chi connectivity index (χ0n) is 8.51. The molecule has 0 bridgehead atoms. The van der Waals surface area contributed by atoms with E-state index >= 15 is 0 Å². The first-order chi connectivity index (χ1) is 7.86. The Morgan fingerprint density at radius 1 is 1.06 bits per heavy atom. The van der Waals surface area contributed by atoms with Crippen LogP contribution >= 0.6 is 0 Å². The quantitative estimate of drug-likeness (QED) is 0.605. The SMILES string of the molecule is Nc1cccc2[nH]nc(-c3ccncc3)c12. The minimum absolute atomic E-state index is 0.734. The number of aromatic amines is 1. The summed E-state index contributed by atoms with van der Waals surface area (Å²) in [6, 6.07) is 9.59. The number of benzene rings is 1. The second-order valence-corrected chi connectivity index (χ2v) is 3.58. The maximum atomic E-state index is 5.96. The van der Waals surface area contributed by atoms with Gasteiger partial charge in [-0.2, -0.15) is 5.10 Å². The third kappa shape index (κ3) is 1.24. The monoisotopic (exact) mass is 210 g/mol. The van der Waals surface area contributed by atoms with Crippen LogP contribution in [0.5, 0.6) is 0 Å². The second-order valence-electron chi connectivity index (χ2n) is 3.58. The first-order valence-corrected chi connectivity index (χ1v) is 4.99. The van der Waals surface area contributed by atoms with Crippen molar-refractivity contribution in [1.82, 2.24) is 15.2 Å². The highest BCUT2D eigenvalue weighted by molar-refractivity contribution is 6.01. The Hall–Kier alpha value is -2.36. The normalized spacial score (nSPS) is 10.8. The summed E-state index contributed by atoms with van der Waals surface area (Å²) in [6.45, 7) is 0. The van der Waals surface area contributed by atoms with Crippen LogP contribution < -0.4 is 5.73 Å². The van der Waals surface area contributed by atoms with Gasteiger partial charge in [0.1, 0.15) is 5.69 Å². The van der Waals surface area contributed by atoms with Crippen molar-refractivity contribution in [2.24, 2.45) is 0 Å². The van der Waals surface area contributed by atoms with Gasteiger partial charge in [0, 0.05) is 23.6 Å². The lowest BCUT2D eigenvalue weighted by molar-refractivity contribution is 1.12. The Morgan fingerprint density at radius 3 is 2.69 bits per heavy atom. The van der Waals surface area contributed by atoms with E-state index in [0.717, 1.165) is 27.8 Å². The molecule has 0 amide bonds. The number of nitrogen functional groups attached to an aromatic ring is 1. The Labute approximate surface area is 92.1 Å². The lowest BCUT2D eigenvalue weighted by Crippen LogP contribution is -1.86. The van der Waals surface area contributed by atoms with Gasteiger partial charge in [-0.05, 0) is 24.3 Å². The summed E-state index contributed by atoms with van der Waals surface area (Å²) >= 11 is 0. The molecular weight excluding hydrogens is 200 g/mol. The van der Waals surface area contributed by atoms with Gasteiger partial charge in [0.15, 0.2) is 0 Å². The van der Waals surface area contributed by atoms with Gasteiger partial charge in [0.25, 0.3) is 0 Å². The van der Waals surface area contributed by atoms with E-state index in [9.17, 15) is 0 Å². The largest absolute Gasteiger partial charge is 0.398 e. The molecule has 1 aromatic carbocycles. The molecular formula is C12H10N4. The van der Waals surface area contributed by atoms with E-state index < -0.39 is 0 Å². The average molecular weight is 210 g/mol. The Kier molecular flexibility index (Phi) is 1.86. The number of nitrogens with two attached hydrogens (primary N) is 1. The van der Waals surface area contributed by atoms with Crippen LogP contribution in [0.15, 0.2) is 42.7 Å². The lowest BCUT2D eigenvalue weighted by atomic mass is 10.1. The molecule has 3 aromatic rings. The number of rotatable bonds is 1. The fourth-order valence-corrected chi connectivity index (χ4v) is 1.82. The van der Waals surface area contributed by atoms with Crippen molar-refractivity contribution >= 4 is 16.6 Å². The molecule has 0 aliphatic carbocycles. The number of hydrogen-bond donors (Lipinski definition) is 2. The first kappa shape index (κ1) is 8.91. The summed E-state index contributed by atoms with van der Waals surface area (Å²) < 4.78 is 0. The first-order valence-electron chi connectivity index (χ1n) is 4.99. The third-order valence-electron chi connectivity index (χ3n) is 2.58. The van der Waals surface area contributed by atoms with Gasteiger partial charge in [0.2, 0.25) is 0 Å². The average Bonchev–Trinajstić information content (AvgIpc) is 2.75. The van der Waals surface area contributed by atoms with Gasteiger partial charge >= 0.3 is 0 Å². The molecule has 2 heterocycles. The lowest BCUT2D eigenvalue weighted by Gasteiger charge is -1.99. The zero-order chi connectivity index (χ0) is 11.0. The number of aromatic nitrogens is 3. The summed E-state index contributed by atoms with van der Waals surface area (Å²) in [7, 11) is 0. The van der Waals surface area contributed by atoms with Crippen LogP contribution in [0.4, 0.5) is 5.69 Å². The van der Waals surface area contributed by atoms with Crippen molar-refractivity contribution in [1.29, 1.82) is 0 Å². The molecule has 0 aliphatic rings. The van der Waals surface area contributed by atoms with Crippen LogP contribution in [-0.4, -0.2) is 15.2 Å². The Balaban J connectivity index is 2.33. The fourth-order valence-electron chi connectivity index (χ4n) is 1.82. The molecule has 4 heteroatoms. The molecule has 4 nitrogen and oxygen atoms in total. The summed E-state index contributed by atoms with van der Waals surface area (Å²) in [4.78, 5) is 3.99. The van der Waals surface area contributed by atoms with Crippen LogP contribution in [0.1, 0.15) is 0 Å². The smallest absolute Gasteiger partial charge is 0.102 e. The van der Waals surface area contributed by atoms with E-state index in [4.69, 9.17) is 5.73 Å². The van der Waals surface area contributed by atoms with Crippen LogP contribution in [-0.2, 0) is 0 Å². The van der Waals surface area contributed by atoms with Crippen molar-refractivity contribution in [2.45, 2.75) is 0 Å². The van der Waals surface area contributed by atoms with Gasteiger partial charge in [-0.25, -0.2) is 0 Å². The standard InChI is InChI=1S/C12H10N4/c13-9-2-1-3-10-11(9)12(16-15-10)8-4-6-14-7-5-8/h1-7H,13H2,(H,15,16). The van der Waals surface area contributed by atoms with Gasteiger partial charge < -0.3 is 5.73 Å². The predicted molar refractivity (Wildman–Crippen MR) is 63.7 cm³/mol. The Morgan fingerprint density at radius 2 is 1.88 bits per heavy atom. The fraction of sp³-hybridized carbons (Fsp3) is 0. The minimum atomic E-state index is 0.734. The van der Waals surface area contributed by atoms with E-state index in [1.807, 2.05) is 30.3 Å². The molecule has 16 heavy (non-hydrogen) atoms. The number of fused-ring (bicyclic) bond motifs is 1. The molecule has 78 valence electrons. The molecule has 0 spiro atoms. The van der Waals surface area contributed by atoms with E-state index in [1.54, 1.807) is 12.4 Å². The Bertz CT molecular complexity index is 628. The van der Waals surface area contributed by atoms with Crippen molar-refractivity contribution in [3.8, 4) is 11.3 Å². The van der Waals surface area contributed by atoms with Crippen LogP contribution in [0.25, 0.3) is 22.2 Å². The van der Waals surface area contributed by atoms with Crippen LogP contribution in [0, 0.1) is 0 Å². The van der Waals surface area contributed by atoms with E-state index in [0.29, 0.717) is 0 Å². The molecule has 0 unspecified atom stereocenters. The highest BCUT2D eigenvalue weighted by Crippen LogP contribution is 2.29. The van der Waals surface area contributed by atoms with Crippen molar-refractivity contribution in [3.63, 3.8) is 0 Å². The van der Waals surface area contributed by atoms with Gasteiger partial charge in [-0.1, -0.05) is 6.07 Å². The maximum absolute atomic E-state index is 5.96. The van der Waals surface area contributed by atoms with Crippen molar-refractivity contribution < 1.29 is 0 Å². The molecule has 2 aromatic heterocycles. The van der Waals surface area contributed by atoms with E-state index in [2.05, 4.69) is 15.2 Å². The van der Waals surface area contributed by atoms with Gasteiger partial charge in [-0.15, -0.1) is 0 Å². The molecule has 0 fully saturated rings. The number of pyridine rings is 1. The topological polar surface area (TPSA) is 67.6 Å². The van der Waals surface area contributed by atoms with Gasteiger partial charge in [-0.3, -0.25) is 10.1 Å². The van der Waals surface area contributed by atoms with E-state index in [-0.39, 0.29) is 0 Å². The van der Waals surface area contributed by atoms with Crippen LogP contribution in [0.3, 0.4) is 0 Å². The zero-order valence-corrected chi connectivity index (χ0v) is 8.51. The van der Waals surface area contributed by atoms with Gasteiger partial charge in [0.05, 0.1) is 10.9 Å². The molecule has 0 aliphatic heterocycles. The molecule has 0 radical (unpaired) electrons. The number of nitrogens with one attached hydrogen (secondary N) is 1. The number of anilines is 1. The number of hydrogen-bond acceptors (Lipinski definition) is 3. The highest BCUT2D eigenvalue weighted by Gasteiger charge is 2.09. The molecule has 0 atom stereocenters. The third-order valence-corrected chi connectivity index (χ3v) is 2.58. The van der Waals surface area contributed by atoms with Crippen molar-refractivity contribution in [3.05, 3.63) is 42.7 Å². The summed E-state index contributed by atoms with van der Waals surface area (Å²) in [6.07, 6.45) is 3.49. The summed E-state index contributed by atoms with van der Waals surface area (Å²) in [5, 5.41) is 8.24. The predicted octanol–water partition coefficient (Wildman–Crippen LogP) is 2.21.